The number of carbonyl (C=O) groups is 1. The second-order valence-corrected chi connectivity index (χ2v) is 4.52. The van der Waals surface area contributed by atoms with Crippen LogP contribution in [0.5, 0.6) is 0 Å². The van der Waals surface area contributed by atoms with Crippen LogP contribution in [-0.2, 0) is 7.05 Å². The normalized spacial score (nSPS) is 10.4. The third kappa shape index (κ3) is 2.42. The van der Waals surface area contributed by atoms with Crippen LogP contribution in [0.1, 0.15) is 10.4 Å². The number of anilines is 1. The second kappa shape index (κ2) is 4.50. The average Bonchev–Trinajstić information content (AvgIpc) is 2.64. The fourth-order valence-electron chi connectivity index (χ4n) is 1.35. The lowest BCUT2D eigenvalue weighted by Gasteiger charge is -2.05. The SMILES string of the molecule is Cn1ccnc1Sc1ccc(C(=O)O)c(N)c1. The maximum atomic E-state index is 10.8. The van der Waals surface area contributed by atoms with Crippen LogP contribution in [0.4, 0.5) is 5.69 Å². The van der Waals surface area contributed by atoms with Gasteiger partial charge in [0, 0.05) is 30.0 Å². The summed E-state index contributed by atoms with van der Waals surface area (Å²) >= 11 is 1.43. The lowest BCUT2D eigenvalue weighted by molar-refractivity contribution is 0.0698. The topological polar surface area (TPSA) is 81.1 Å². The Hall–Kier alpha value is -1.95. The van der Waals surface area contributed by atoms with E-state index >= 15 is 0 Å². The van der Waals surface area contributed by atoms with Crippen molar-refractivity contribution in [2.24, 2.45) is 7.05 Å². The van der Waals surface area contributed by atoms with Crippen LogP contribution in [0.25, 0.3) is 0 Å². The first-order valence-electron chi connectivity index (χ1n) is 4.86. The van der Waals surface area contributed by atoms with Crippen LogP contribution >= 0.6 is 11.8 Å². The van der Waals surface area contributed by atoms with Gasteiger partial charge in [-0.1, -0.05) is 11.8 Å². The summed E-state index contributed by atoms with van der Waals surface area (Å²) in [5.41, 5.74) is 6.05. The molecule has 3 N–H and O–H groups in total. The largest absolute Gasteiger partial charge is 0.478 e. The van der Waals surface area contributed by atoms with E-state index in [4.69, 9.17) is 10.8 Å². The number of hydrogen-bond donors (Lipinski definition) is 2. The minimum absolute atomic E-state index is 0.120. The number of nitrogen functional groups attached to an aromatic ring is 1. The summed E-state index contributed by atoms with van der Waals surface area (Å²) < 4.78 is 1.88. The number of aryl methyl sites for hydroxylation is 1. The van der Waals surface area contributed by atoms with Gasteiger partial charge in [-0.25, -0.2) is 9.78 Å². The molecule has 0 spiro atoms. The van der Waals surface area contributed by atoms with E-state index in [0.29, 0.717) is 0 Å². The zero-order chi connectivity index (χ0) is 12.4. The number of nitrogens with zero attached hydrogens (tertiary/aromatic N) is 2. The predicted octanol–water partition coefficient (Wildman–Crippen LogP) is 1.85. The second-order valence-electron chi connectivity index (χ2n) is 3.48. The van der Waals surface area contributed by atoms with Crippen LogP contribution in [0.2, 0.25) is 0 Å². The quantitative estimate of drug-likeness (QED) is 0.811. The van der Waals surface area contributed by atoms with Gasteiger partial charge >= 0.3 is 5.97 Å². The minimum Gasteiger partial charge on any atom is -0.478 e. The van der Waals surface area contributed by atoms with Crippen molar-refractivity contribution in [3.05, 3.63) is 36.2 Å². The molecule has 1 aromatic carbocycles. The highest BCUT2D eigenvalue weighted by atomic mass is 32.2. The van der Waals surface area contributed by atoms with Crippen molar-refractivity contribution in [2.75, 3.05) is 5.73 Å². The molecule has 2 rings (SSSR count). The van der Waals surface area contributed by atoms with Gasteiger partial charge in [0.15, 0.2) is 5.16 Å². The van der Waals surface area contributed by atoms with E-state index in [0.717, 1.165) is 10.1 Å². The zero-order valence-electron chi connectivity index (χ0n) is 9.12. The van der Waals surface area contributed by atoms with E-state index in [9.17, 15) is 4.79 Å². The highest BCUT2D eigenvalue weighted by Crippen LogP contribution is 2.28. The van der Waals surface area contributed by atoms with E-state index in [1.54, 1.807) is 18.3 Å². The van der Waals surface area contributed by atoms with Crippen molar-refractivity contribution < 1.29 is 9.90 Å². The Labute approximate surface area is 102 Å². The highest BCUT2D eigenvalue weighted by molar-refractivity contribution is 7.99. The number of carboxylic acid groups (broad SMARTS) is 1. The molecule has 1 aromatic heterocycles. The lowest BCUT2D eigenvalue weighted by atomic mass is 10.2. The van der Waals surface area contributed by atoms with Gasteiger partial charge in [0.2, 0.25) is 0 Å². The molecule has 0 atom stereocenters. The molecule has 0 fully saturated rings. The first-order chi connectivity index (χ1) is 8.08. The van der Waals surface area contributed by atoms with Crippen molar-refractivity contribution in [2.45, 2.75) is 10.1 Å². The number of carboxylic acids is 1. The van der Waals surface area contributed by atoms with Crippen LogP contribution in [0.15, 0.2) is 40.6 Å². The molecule has 88 valence electrons. The maximum absolute atomic E-state index is 10.8. The summed E-state index contributed by atoms with van der Waals surface area (Å²) in [6.45, 7) is 0. The summed E-state index contributed by atoms with van der Waals surface area (Å²) in [5, 5.41) is 9.68. The van der Waals surface area contributed by atoms with E-state index in [-0.39, 0.29) is 11.3 Å². The Morgan fingerprint density at radius 1 is 1.53 bits per heavy atom. The molecule has 1 heterocycles. The molecule has 0 saturated heterocycles. The Morgan fingerprint density at radius 3 is 2.82 bits per heavy atom. The fraction of sp³-hybridized carbons (Fsp3) is 0.0909. The van der Waals surface area contributed by atoms with Crippen molar-refractivity contribution in [1.29, 1.82) is 0 Å². The standard InChI is InChI=1S/C11H11N3O2S/c1-14-5-4-13-11(14)17-7-2-3-8(10(15)16)9(12)6-7/h2-6H,12H2,1H3,(H,15,16). The Balaban J connectivity index is 2.27. The van der Waals surface area contributed by atoms with E-state index in [2.05, 4.69) is 4.98 Å². The van der Waals surface area contributed by atoms with Gasteiger partial charge in [0.05, 0.1) is 5.56 Å². The van der Waals surface area contributed by atoms with Crippen molar-refractivity contribution in [1.82, 2.24) is 9.55 Å². The minimum atomic E-state index is -1.02. The zero-order valence-corrected chi connectivity index (χ0v) is 9.94. The molecule has 0 aliphatic rings. The number of hydrogen-bond acceptors (Lipinski definition) is 4. The molecule has 0 radical (unpaired) electrons. The molecule has 0 aliphatic carbocycles. The molecule has 2 aromatic rings. The molecule has 0 bridgehead atoms. The predicted molar refractivity (Wildman–Crippen MR) is 65.1 cm³/mol. The Bertz CT molecular complexity index is 566. The smallest absolute Gasteiger partial charge is 0.337 e. The molecule has 6 heteroatoms. The van der Waals surface area contributed by atoms with Crippen LogP contribution in [-0.4, -0.2) is 20.6 Å². The number of benzene rings is 1. The van der Waals surface area contributed by atoms with Gasteiger partial charge in [0.25, 0.3) is 0 Å². The molecular weight excluding hydrogens is 238 g/mol. The van der Waals surface area contributed by atoms with Crippen molar-refractivity contribution in [3.63, 3.8) is 0 Å². The molecule has 0 aliphatic heterocycles. The molecule has 0 saturated carbocycles. The molecular formula is C11H11N3O2S. The molecule has 0 amide bonds. The van der Waals surface area contributed by atoms with Gasteiger partial charge in [-0.15, -0.1) is 0 Å². The van der Waals surface area contributed by atoms with E-state index in [1.807, 2.05) is 17.8 Å². The number of aromatic carboxylic acids is 1. The lowest BCUT2D eigenvalue weighted by Crippen LogP contribution is -2.02. The van der Waals surface area contributed by atoms with Crippen molar-refractivity contribution in [3.8, 4) is 0 Å². The van der Waals surface area contributed by atoms with Crippen LogP contribution in [0.3, 0.4) is 0 Å². The van der Waals surface area contributed by atoms with Gasteiger partial charge in [-0.05, 0) is 18.2 Å². The Kier molecular flexibility index (Phi) is 3.06. The van der Waals surface area contributed by atoms with Gasteiger partial charge in [-0.3, -0.25) is 0 Å². The van der Waals surface area contributed by atoms with E-state index in [1.165, 1.54) is 17.8 Å². The van der Waals surface area contributed by atoms with Gasteiger partial charge < -0.3 is 15.4 Å². The Morgan fingerprint density at radius 2 is 2.29 bits per heavy atom. The van der Waals surface area contributed by atoms with Crippen LogP contribution < -0.4 is 5.73 Å². The average molecular weight is 249 g/mol. The molecule has 0 unspecified atom stereocenters. The molecule has 17 heavy (non-hydrogen) atoms. The molecule has 5 nitrogen and oxygen atoms in total. The maximum Gasteiger partial charge on any atom is 0.337 e. The first kappa shape index (κ1) is 11.5. The summed E-state index contributed by atoms with van der Waals surface area (Å²) in [5.74, 6) is -1.02. The number of rotatable bonds is 3. The number of nitrogens with two attached hydrogens (primary N) is 1. The summed E-state index contributed by atoms with van der Waals surface area (Å²) in [4.78, 5) is 15.8. The third-order valence-electron chi connectivity index (χ3n) is 2.24. The summed E-state index contributed by atoms with van der Waals surface area (Å²) in [7, 11) is 1.89. The third-order valence-corrected chi connectivity index (χ3v) is 3.31. The van der Waals surface area contributed by atoms with Gasteiger partial charge in [0.1, 0.15) is 0 Å². The monoisotopic (exact) mass is 249 g/mol. The first-order valence-corrected chi connectivity index (χ1v) is 5.67. The number of imidazole rings is 1. The fourth-order valence-corrected chi connectivity index (χ4v) is 2.21. The number of aromatic nitrogens is 2. The van der Waals surface area contributed by atoms with Crippen molar-refractivity contribution >= 4 is 23.4 Å². The summed E-state index contributed by atoms with van der Waals surface area (Å²) in [6.07, 6.45) is 3.55. The highest BCUT2D eigenvalue weighted by Gasteiger charge is 2.09. The summed E-state index contributed by atoms with van der Waals surface area (Å²) in [6, 6.07) is 4.87. The van der Waals surface area contributed by atoms with Crippen LogP contribution in [0, 0.1) is 0 Å². The van der Waals surface area contributed by atoms with E-state index < -0.39 is 5.97 Å². The van der Waals surface area contributed by atoms with Gasteiger partial charge in [-0.2, -0.15) is 0 Å².